The normalized spacial score (nSPS) is 21.6. The van der Waals surface area contributed by atoms with Gasteiger partial charge in [-0.25, -0.2) is 4.79 Å². The molecule has 3 rings (SSSR count). The van der Waals surface area contributed by atoms with Crippen LogP contribution in [0.4, 0.5) is 0 Å². The largest absolute Gasteiger partial charge is 0.479 e. The minimum absolute atomic E-state index is 0.0487. The number of nitrogens with zero attached hydrogens (tertiary/aromatic N) is 1. The van der Waals surface area contributed by atoms with Gasteiger partial charge in [-0.2, -0.15) is 0 Å². The minimum atomic E-state index is -0.930. The third-order valence-corrected chi connectivity index (χ3v) is 5.28. The average Bonchev–Trinajstić information content (AvgIpc) is 2.95. The van der Waals surface area contributed by atoms with Crippen LogP contribution in [0.3, 0.4) is 0 Å². The lowest BCUT2D eigenvalue weighted by Crippen LogP contribution is -2.43. The Labute approximate surface area is 128 Å². The van der Waals surface area contributed by atoms with Gasteiger partial charge in [0.15, 0.2) is 6.04 Å². The summed E-state index contributed by atoms with van der Waals surface area (Å²) in [4.78, 5) is 26.8. The second-order valence-electron chi connectivity index (χ2n) is 5.66. The molecule has 1 atom stereocenters. The Balaban J connectivity index is 1.79. The molecule has 1 aromatic heterocycles. The fourth-order valence-corrected chi connectivity index (χ4v) is 4.12. The van der Waals surface area contributed by atoms with Gasteiger partial charge in [0.1, 0.15) is 0 Å². The quantitative estimate of drug-likeness (QED) is 0.873. The number of carboxylic acid groups (broad SMARTS) is 1. The Morgan fingerprint density at radius 3 is 2.90 bits per heavy atom. The van der Waals surface area contributed by atoms with Crippen LogP contribution in [0.25, 0.3) is 0 Å². The molecule has 1 aliphatic heterocycles. The number of fused-ring (bicyclic) bond motifs is 1. The van der Waals surface area contributed by atoms with Crippen molar-refractivity contribution in [3.63, 3.8) is 0 Å². The summed E-state index contributed by atoms with van der Waals surface area (Å²) in [5.41, 5.74) is 1.97. The fraction of sp³-hybridized carbons (Fsp3) is 0.500. The van der Waals surface area contributed by atoms with Gasteiger partial charge in [0.05, 0.1) is 0 Å². The van der Waals surface area contributed by atoms with E-state index in [1.54, 1.807) is 16.2 Å². The maximum absolute atomic E-state index is 12.5. The monoisotopic (exact) mass is 305 g/mol. The molecule has 2 aliphatic rings. The molecule has 0 aromatic carbocycles. The third-order valence-electron chi connectivity index (χ3n) is 4.28. The maximum atomic E-state index is 12.5. The van der Waals surface area contributed by atoms with E-state index in [9.17, 15) is 14.7 Å². The highest BCUT2D eigenvalue weighted by Gasteiger charge is 2.36. The molecule has 1 N–H and O–H groups in total. The van der Waals surface area contributed by atoms with Crippen molar-refractivity contribution in [2.75, 3.05) is 6.54 Å². The summed E-state index contributed by atoms with van der Waals surface area (Å²) in [5.74, 6) is -0.979. The van der Waals surface area contributed by atoms with Crippen molar-refractivity contribution in [1.82, 2.24) is 4.90 Å². The van der Waals surface area contributed by atoms with Gasteiger partial charge in [-0.05, 0) is 49.1 Å². The van der Waals surface area contributed by atoms with Crippen molar-refractivity contribution in [1.29, 1.82) is 0 Å². The van der Waals surface area contributed by atoms with Crippen LogP contribution in [-0.2, 0) is 16.0 Å². The van der Waals surface area contributed by atoms with Crippen LogP contribution in [0.1, 0.15) is 48.6 Å². The van der Waals surface area contributed by atoms with Gasteiger partial charge in [0.2, 0.25) is 5.91 Å². The number of hydrogen-bond donors (Lipinski definition) is 1. The molecule has 0 saturated heterocycles. The Bertz CT molecular complexity index is 590. The van der Waals surface area contributed by atoms with Crippen LogP contribution in [-0.4, -0.2) is 28.4 Å². The molecule has 2 heterocycles. The molecule has 21 heavy (non-hydrogen) atoms. The van der Waals surface area contributed by atoms with Crippen molar-refractivity contribution in [3.8, 4) is 0 Å². The fourth-order valence-electron chi connectivity index (χ4n) is 3.21. The Hall–Kier alpha value is -1.62. The Morgan fingerprint density at radius 1 is 1.33 bits per heavy atom. The zero-order chi connectivity index (χ0) is 14.8. The molecule has 5 heteroatoms. The molecule has 1 unspecified atom stereocenters. The lowest BCUT2D eigenvalue weighted by Gasteiger charge is -2.33. The van der Waals surface area contributed by atoms with Crippen LogP contribution >= 0.6 is 11.3 Å². The van der Waals surface area contributed by atoms with Crippen molar-refractivity contribution in [2.45, 2.75) is 44.6 Å². The standard InChI is InChI=1S/C16H19NO3S/c18-14(10-11-4-2-1-3-5-11)17-8-6-13-12(7-9-21-13)15(17)16(19)20/h4,7,9,15H,1-3,5-6,8,10H2,(H,19,20). The van der Waals surface area contributed by atoms with Gasteiger partial charge in [0, 0.05) is 17.8 Å². The molecule has 0 radical (unpaired) electrons. The topological polar surface area (TPSA) is 57.6 Å². The number of amides is 1. The van der Waals surface area contributed by atoms with Gasteiger partial charge in [-0.15, -0.1) is 11.3 Å². The highest BCUT2D eigenvalue weighted by molar-refractivity contribution is 7.10. The first kappa shape index (κ1) is 14.3. The van der Waals surface area contributed by atoms with E-state index in [2.05, 4.69) is 6.08 Å². The lowest BCUT2D eigenvalue weighted by molar-refractivity contribution is -0.151. The highest BCUT2D eigenvalue weighted by Crippen LogP contribution is 2.34. The second-order valence-corrected chi connectivity index (χ2v) is 6.66. The van der Waals surface area contributed by atoms with Crippen LogP contribution in [0, 0.1) is 0 Å². The number of carboxylic acids is 1. The zero-order valence-electron chi connectivity index (χ0n) is 11.9. The van der Waals surface area contributed by atoms with Crippen molar-refractivity contribution < 1.29 is 14.7 Å². The molecule has 112 valence electrons. The van der Waals surface area contributed by atoms with E-state index in [1.807, 2.05) is 11.4 Å². The molecule has 1 aromatic rings. The van der Waals surface area contributed by atoms with Gasteiger partial charge in [-0.3, -0.25) is 4.79 Å². The summed E-state index contributed by atoms with van der Waals surface area (Å²) >= 11 is 1.58. The molecule has 1 aliphatic carbocycles. The number of carbonyl (C=O) groups is 2. The molecule has 1 amide bonds. The van der Waals surface area contributed by atoms with E-state index in [0.717, 1.165) is 36.1 Å². The first-order chi connectivity index (χ1) is 10.2. The number of thiophene rings is 1. The van der Waals surface area contributed by atoms with Crippen LogP contribution in [0.2, 0.25) is 0 Å². The molecule has 0 fully saturated rings. The Morgan fingerprint density at radius 2 is 2.19 bits per heavy atom. The van der Waals surface area contributed by atoms with E-state index in [4.69, 9.17) is 0 Å². The second kappa shape index (κ2) is 6.02. The molecular formula is C16H19NO3S. The first-order valence-electron chi connectivity index (χ1n) is 7.43. The number of carbonyl (C=O) groups excluding carboxylic acids is 1. The van der Waals surface area contributed by atoms with E-state index in [0.29, 0.717) is 13.0 Å². The number of hydrogen-bond acceptors (Lipinski definition) is 3. The van der Waals surface area contributed by atoms with Gasteiger partial charge in [0.25, 0.3) is 0 Å². The van der Waals surface area contributed by atoms with Crippen molar-refractivity contribution >= 4 is 23.2 Å². The molecule has 4 nitrogen and oxygen atoms in total. The predicted octanol–water partition coefficient (Wildman–Crippen LogP) is 3.15. The van der Waals surface area contributed by atoms with E-state index >= 15 is 0 Å². The van der Waals surface area contributed by atoms with Gasteiger partial charge in [-0.1, -0.05) is 11.6 Å². The van der Waals surface area contributed by atoms with E-state index < -0.39 is 12.0 Å². The zero-order valence-corrected chi connectivity index (χ0v) is 12.7. The molecule has 0 bridgehead atoms. The predicted molar refractivity (Wildman–Crippen MR) is 81.3 cm³/mol. The highest BCUT2D eigenvalue weighted by atomic mass is 32.1. The van der Waals surface area contributed by atoms with Gasteiger partial charge >= 0.3 is 5.97 Å². The number of rotatable bonds is 3. The molecule has 0 saturated carbocycles. The first-order valence-corrected chi connectivity index (χ1v) is 8.31. The summed E-state index contributed by atoms with van der Waals surface area (Å²) in [7, 11) is 0. The summed E-state index contributed by atoms with van der Waals surface area (Å²) in [6, 6.07) is 1.04. The summed E-state index contributed by atoms with van der Waals surface area (Å²) < 4.78 is 0. The smallest absolute Gasteiger partial charge is 0.331 e. The third kappa shape index (κ3) is 2.88. The van der Waals surface area contributed by atoms with Crippen molar-refractivity contribution in [3.05, 3.63) is 33.5 Å². The lowest BCUT2D eigenvalue weighted by atomic mass is 9.95. The average molecular weight is 305 g/mol. The SMILES string of the molecule is O=C(O)C1c2ccsc2CCN1C(=O)CC1=CCCCC1. The number of aliphatic carboxylic acids is 1. The minimum Gasteiger partial charge on any atom is -0.479 e. The molecule has 0 spiro atoms. The summed E-state index contributed by atoms with van der Waals surface area (Å²) in [6.07, 6.45) is 7.64. The summed E-state index contributed by atoms with van der Waals surface area (Å²) in [5, 5.41) is 11.4. The maximum Gasteiger partial charge on any atom is 0.331 e. The molecular weight excluding hydrogens is 286 g/mol. The summed E-state index contributed by atoms with van der Waals surface area (Å²) in [6.45, 7) is 0.511. The van der Waals surface area contributed by atoms with Crippen molar-refractivity contribution in [2.24, 2.45) is 0 Å². The van der Waals surface area contributed by atoms with Crippen LogP contribution in [0.5, 0.6) is 0 Å². The Kier molecular flexibility index (Phi) is 4.10. The van der Waals surface area contributed by atoms with Gasteiger partial charge < -0.3 is 10.0 Å². The van der Waals surface area contributed by atoms with Crippen LogP contribution < -0.4 is 0 Å². The van der Waals surface area contributed by atoms with E-state index in [1.165, 1.54) is 12.0 Å². The van der Waals surface area contributed by atoms with E-state index in [-0.39, 0.29) is 5.91 Å². The number of allylic oxidation sites excluding steroid dienone is 1. The van der Waals surface area contributed by atoms with Crippen LogP contribution in [0.15, 0.2) is 23.1 Å².